The molecule has 0 bridgehead atoms. The van der Waals surface area contributed by atoms with Crippen LogP contribution in [0.1, 0.15) is 23.6 Å². The fraction of sp³-hybridized carbons (Fsp3) is 0.0400. The van der Waals surface area contributed by atoms with E-state index >= 15 is 0 Å². The van der Waals surface area contributed by atoms with Crippen LogP contribution in [0, 0.1) is 0 Å². The Balaban J connectivity index is 1.13. The Hall–Kier alpha value is -6.64. The summed E-state index contributed by atoms with van der Waals surface area (Å²) in [5.41, 5.74) is 15.8. The van der Waals surface area contributed by atoms with Gasteiger partial charge in [0.2, 0.25) is 0 Å². The van der Waals surface area contributed by atoms with E-state index in [1.807, 2.05) is 0 Å². The van der Waals surface area contributed by atoms with Crippen LogP contribution >= 0.6 is 0 Å². The zero-order valence-corrected chi connectivity index (χ0v) is 28.9. The third-order valence-electron chi connectivity index (χ3n) is 11.1. The maximum absolute atomic E-state index is 2.40. The summed E-state index contributed by atoms with van der Waals surface area (Å²) in [5, 5.41) is 2.50. The van der Waals surface area contributed by atoms with Crippen LogP contribution in [0.2, 0.25) is 0 Å². The van der Waals surface area contributed by atoms with Gasteiger partial charge < -0.3 is 9.47 Å². The summed E-state index contributed by atoms with van der Waals surface area (Å²) in [6.07, 6.45) is 0. The summed E-state index contributed by atoms with van der Waals surface area (Å²) in [7, 11) is 0. The van der Waals surface area contributed by atoms with Crippen LogP contribution in [0.15, 0.2) is 200 Å². The van der Waals surface area contributed by atoms with Gasteiger partial charge in [-0.15, -0.1) is 0 Å². The number of rotatable bonds is 6. The van der Waals surface area contributed by atoms with Gasteiger partial charge in [0.15, 0.2) is 0 Å². The van der Waals surface area contributed by atoms with Crippen molar-refractivity contribution >= 4 is 38.9 Å². The monoisotopic (exact) mass is 664 g/mol. The Morgan fingerprint density at radius 2 is 1.00 bits per heavy atom. The number of hydrogen-bond acceptors (Lipinski definition) is 1. The van der Waals surface area contributed by atoms with E-state index in [2.05, 4.69) is 217 Å². The van der Waals surface area contributed by atoms with Gasteiger partial charge >= 0.3 is 0 Å². The molecule has 1 atom stereocenters. The van der Waals surface area contributed by atoms with Crippen molar-refractivity contribution in [1.29, 1.82) is 0 Å². The van der Waals surface area contributed by atoms with Crippen molar-refractivity contribution in [3.05, 3.63) is 217 Å². The average molecular weight is 665 g/mol. The molecule has 1 unspecified atom stereocenters. The lowest BCUT2D eigenvalue weighted by Crippen LogP contribution is -2.23. The van der Waals surface area contributed by atoms with Crippen molar-refractivity contribution in [3.63, 3.8) is 0 Å². The van der Waals surface area contributed by atoms with Crippen LogP contribution in [0.4, 0.5) is 17.1 Å². The van der Waals surface area contributed by atoms with E-state index in [0.29, 0.717) is 0 Å². The molecule has 0 N–H and O–H groups in total. The van der Waals surface area contributed by atoms with E-state index in [-0.39, 0.29) is 5.41 Å². The molecule has 9 aromatic rings. The number of aromatic nitrogens is 1. The minimum Gasteiger partial charge on any atom is -0.310 e. The van der Waals surface area contributed by atoms with Gasteiger partial charge in [0.1, 0.15) is 0 Å². The highest BCUT2D eigenvalue weighted by Crippen LogP contribution is 2.55. The van der Waals surface area contributed by atoms with E-state index in [9.17, 15) is 0 Å². The zero-order valence-electron chi connectivity index (χ0n) is 28.9. The molecule has 2 heteroatoms. The molecule has 0 saturated carbocycles. The van der Waals surface area contributed by atoms with Crippen molar-refractivity contribution in [3.8, 4) is 27.9 Å². The second-order valence-electron chi connectivity index (χ2n) is 13.9. The Morgan fingerprint density at radius 1 is 0.423 bits per heavy atom. The van der Waals surface area contributed by atoms with E-state index < -0.39 is 0 Å². The molecule has 0 aliphatic heterocycles. The minimum atomic E-state index is -0.273. The van der Waals surface area contributed by atoms with Crippen LogP contribution < -0.4 is 4.90 Å². The van der Waals surface area contributed by atoms with E-state index in [1.165, 1.54) is 60.8 Å². The zero-order chi connectivity index (χ0) is 34.6. The van der Waals surface area contributed by atoms with Gasteiger partial charge in [0.25, 0.3) is 0 Å². The third-order valence-corrected chi connectivity index (χ3v) is 11.1. The van der Waals surface area contributed by atoms with Gasteiger partial charge in [0.05, 0.1) is 11.0 Å². The minimum absolute atomic E-state index is 0.273. The average Bonchev–Trinajstić information content (AvgIpc) is 3.69. The maximum Gasteiger partial charge on any atom is 0.0561 e. The summed E-state index contributed by atoms with van der Waals surface area (Å²) in [6.45, 7) is 2.40. The molecule has 0 saturated heterocycles. The summed E-state index contributed by atoms with van der Waals surface area (Å²) >= 11 is 0. The van der Waals surface area contributed by atoms with Gasteiger partial charge in [-0.1, -0.05) is 146 Å². The first-order chi connectivity index (χ1) is 25.7. The molecule has 246 valence electrons. The normalized spacial score (nSPS) is 14.7. The number of fused-ring (bicyclic) bond motifs is 6. The number of benzene rings is 8. The standard InChI is InChI=1S/C50H36N2/c1-50(36-16-5-2-6-17-36)46-26-13-11-22-42(46)45-25-15-24-41(49(45)50)35-28-30-39(31-29-35)51(37-18-7-3-8-19-37)40-32-33-44-43-23-12-14-27-47(43)52(48(44)34-40)38-20-9-4-10-21-38/h2-34H,1H3. The van der Waals surface area contributed by atoms with E-state index in [1.54, 1.807) is 0 Å². The fourth-order valence-electron chi connectivity index (χ4n) is 8.68. The Morgan fingerprint density at radius 3 is 1.79 bits per heavy atom. The van der Waals surface area contributed by atoms with Crippen LogP contribution in [0.3, 0.4) is 0 Å². The number of hydrogen-bond donors (Lipinski definition) is 0. The molecule has 1 aromatic heterocycles. The quantitative estimate of drug-likeness (QED) is 0.172. The highest BCUT2D eigenvalue weighted by Gasteiger charge is 2.42. The van der Waals surface area contributed by atoms with Crippen LogP contribution in [0.25, 0.3) is 49.7 Å². The SMILES string of the molecule is CC1(c2ccccc2)c2ccccc2-c2cccc(-c3ccc(N(c4ccccc4)c4ccc5c6ccccc6n(-c6ccccc6)c5c4)cc3)c21. The predicted molar refractivity (Wildman–Crippen MR) is 218 cm³/mol. The summed E-state index contributed by atoms with van der Waals surface area (Å²) < 4.78 is 2.39. The van der Waals surface area contributed by atoms with Crippen LogP contribution in [0.5, 0.6) is 0 Å². The van der Waals surface area contributed by atoms with Gasteiger partial charge in [-0.2, -0.15) is 0 Å². The summed E-state index contributed by atoms with van der Waals surface area (Å²) in [5.74, 6) is 0. The molecule has 2 nitrogen and oxygen atoms in total. The molecule has 0 radical (unpaired) electrons. The van der Waals surface area contributed by atoms with Gasteiger partial charge in [-0.05, 0) is 100 Å². The summed E-state index contributed by atoms with van der Waals surface area (Å²) in [4.78, 5) is 2.37. The molecule has 8 aromatic carbocycles. The van der Waals surface area contributed by atoms with Crippen molar-refractivity contribution in [2.24, 2.45) is 0 Å². The highest BCUT2D eigenvalue weighted by atomic mass is 15.1. The lowest BCUT2D eigenvalue weighted by atomic mass is 9.72. The smallest absolute Gasteiger partial charge is 0.0561 e. The molecule has 1 aliphatic rings. The number of para-hydroxylation sites is 3. The van der Waals surface area contributed by atoms with Crippen molar-refractivity contribution < 1.29 is 0 Å². The van der Waals surface area contributed by atoms with E-state index in [0.717, 1.165) is 22.7 Å². The van der Waals surface area contributed by atoms with Gasteiger partial charge in [-0.3, -0.25) is 0 Å². The van der Waals surface area contributed by atoms with Gasteiger partial charge in [-0.25, -0.2) is 0 Å². The Kier molecular flexibility index (Phi) is 6.97. The fourth-order valence-corrected chi connectivity index (χ4v) is 8.68. The lowest BCUT2D eigenvalue weighted by Gasteiger charge is -2.30. The van der Waals surface area contributed by atoms with Gasteiger partial charge in [0, 0.05) is 38.9 Å². The molecule has 0 fully saturated rings. The molecule has 1 aliphatic carbocycles. The van der Waals surface area contributed by atoms with Crippen molar-refractivity contribution in [2.45, 2.75) is 12.3 Å². The second kappa shape index (κ2) is 12.0. The number of nitrogens with zero attached hydrogens (tertiary/aromatic N) is 2. The largest absolute Gasteiger partial charge is 0.310 e. The number of anilines is 3. The van der Waals surface area contributed by atoms with Crippen LogP contribution in [-0.2, 0) is 5.41 Å². The first-order valence-electron chi connectivity index (χ1n) is 18.0. The first kappa shape index (κ1) is 30.2. The first-order valence-corrected chi connectivity index (χ1v) is 18.0. The maximum atomic E-state index is 2.40. The second-order valence-corrected chi connectivity index (χ2v) is 13.9. The summed E-state index contributed by atoms with van der Waals surface area (Å²) in [6, 6.07) is 72.8. The topological polar surface area (TPSA) is 8.17 Å². The molecule has 10 rings (SSSR count). The van der Waals surface area contributed by atoms with Crippen molar-refractivity contribution in [2.75, 3.05) is 4.90 Å². The van der Waals surface area contributed by atoms with E-state index in [4.69, 9.17) is 0 Å². The molecule has 52 heavy (non-hydrogen) atoms. The molecule has 0 amide bonds. The molecular formula is C50H36N2. The van der Waals surface area contributed by atoms with Crippen LogP contribution in [-0.4, -0.2) is 4.57 Å². The Bertz CT molecular complexity index is 2730. The molecular weight excluding hydrogens is 629 g/mol. The molecule has 0 spiro atoms. The Labute approximate surface area is 304 Å². The highest BCUT2D eigenvalue weighted by molar-refractivity contribution is 6.10. The predicted octanol–water partition coefficient (Wildman–Crippen LogP) is 13.3. The lowest BCUT2D eigenvalue weighted by molar-refractivity contribution is 0.716. The molecule has 1 heterocycles. The third kappa shape index (κ3) is 4.58. The van der Waals surface area contributed by atoms with Crippen molar-refractivity contribution in [1.82, 2.24) is 4.57 Å².